The lowest BCUT2D eigenvalue weighted by molar-refractivity contribution is 0.0756. The summed E-state index contributed by atoms with van der Waals surface area (Å²) in [6.07, 6.45) is 3.35. The van der Waals surface area contributed by atoms with Gasteiger partial charge in [-0.15, -0.1) is 11.3 Å². The second-order valence-electron chi connectivity index (χ2n) is 10.4. The van der Waals surface area contributed by atoms with Gasteiger partial charge < -0.3 is 15.4 Å². The van der Waals surface area contributed by atoms with E-state index in [0.29, 0.717) is 51.6 Å². The van der Waals surface area contributed by atoms with Crippen LogP contribution in [0.15, 0.2) is 54.9 Å². The summed E-state index contributed by atoms with van der Waals surface area (Å²) in [6.45, 7) is 6.89. The van der Waals surface area contributed by atoms with Crippen molar-refractivity contribution in [2.24, 2.45) is 17.6 Å². The lowest BCUT2D eigenvalue weighted by atomic mass is 10.00. The number of piperidine rings is 1. The van der Waals surface area contributed by atoms with Gasteiger partial charge in [0.1, 0.15) is 22.5 Å². The molecule has 1 unspecified atom stereocenters. The number of halogens is 1. The van der Waals surface area contributed by atoms with E-state index in [1.807, 2.05) is 37.8 Å². The van der Waals surface area contributed by atoms with E-state index in [2.05, 4.69) is 15.0 Å². The Kier molecular flexibility index (Phi) is 5.96. The van der Waals surface area contributed by atoms with Crippen LogP contribution in [-0.2, 0) is 5.54 Å². The molecule has 1 aliphatic carbocycles. The standard InChI is InChI=1S/C28H27FN6O2S/c1-15-24(38-26(33-15)25-31-9-4-10-32-25)27(36)35-13-19-20(14-35)23(19)37-18-11-21(16-5-7-17(29)8-6-16)34-22(12-18)28(2,3)30/h4-12,19-20,23H,13-14,30H2,1-3H3/t19-,20+,23?. The van der Waals surface area contributed by atoms with Crippen molar-refractivity contribution in [3.05, 3.63) is 76.9 Å². The van der Waals surface area contributed by atoms with Crippen molar-refractivity contribution in [2.75, 3.05) is 13.1 Å². The van der Waals surface area contributed by atoms with E-state index in [4.69, 9.17) is 15.5 Å². The third-order valence-corrected chi connectivity index (χ3v) is 8.16. The number of carbonyl (C=O) groups is 1. The van der Waals surface area contributed by atoms with Gasteiger partial charge in [0.15, 0.2) is 10.8 Å². The minimum absolute atomic E-state index is 0.0113. The fourth-order valence-corrected chi connectivity index (χ4v) is 5.87. The lowest BCUT2D eigenvalue weighted by Gasteiger charge is -2.22. The first kappa shape index (κ1) is 24.6. The maximum absolute atomic E-state index is 13.5. The molecular weight excluding hydrogens is 503 g/mol. The Labute approximate surface area is 223 Å². The molecule has 4 aromatic rings. The van der Waals surface area contributed by atoms with Crippen LogP contribution in [0.5, 0.6) is 5.75 Å². The molecule has 4 heterocycles. The van der Waals surface area contributed by atoms with Crippen LogP contribution in [0.1, 0.15) is 34.9 Å². The highest BCUT2D eigenvalue weighted by Crippen LogP contribution is 2.49. The average Bonchev–Trinajstić information content (AvgIpc) is 3.22. The Morgan fingerprint density at radius 3 is 2.45 bits per heavy atom. The van der Waals surface area contributed by atoms with Crippen molar-refractivity contribution in [1.82, 2.24) is 24.8 Å². The number of hydrogen-bond donors (Lipinski definition) is 1. The number of hydrogen-bond acceptors (Lipinski definition) is 8. The first-order chi connectivity index (χ1) is 18.2. The van der Waals surface area contributed by atoms with Gasteiger partial charge in [0.2, 0.25) is 0 Å². The molecule has 194 valence electrons. The van der Waals surface area contributed by atoms with Gasteiger partial charge in [-0.1, -0.05) is 0 Å². The third kappa shape index (κ3) is 4.65. The minimum atomic E-state index is -0.674. The van der Waals surface area contributed by atoms with E-state index in [-0.39, 0.29) is 29.7 Å². The number of ether oxygens (including phenoxy) is 1. The molecule has 0 bridgehead atoms. The zero-order chi connectivity index (χ0) is 26.6. The summed E-state index contributed by atoms with van der Waals surface area (Å²) >= 11 is 1.33. The predicted octanol–water partition coefficient (Wildman–Crippen LogP) is 4.45. The van der Waals surface area contributed by atoms with Crippen LogP contribution < -0.4 is 10.5 Å². The van der Waals surface area contributed by atoms with Crippen LogP contribution >= 0.6 is 11.3 Å². The summed E-state index contributed by atoms with van der Waals surface area (Å²) in [5, 5.41) is 0.644. The largest absolute Gasteiger partial charge is 0.490 e. The Morgan fingerprint density at radius 1 is 1.11 bits per heavy atom. The van der Waals surface area contributed by atoms with Crippen molar-refractivity contribution < 1.29 is 13.9 Å². The molecule has 1 saturated carbocycles. The highest BCUT2D eigenvalue weighted by Gasteiger charge is 2.59. The van der Waals surface area contributed by atoms with Crippen LogP contribution in [0, 0.1) is 24.6 Å². The molecule has 2 aliphatic rings. The molecule has 1 saturated heterocycles. The topological polar surface area (TPSA) is 107 Å². The van der Waals surface area contributed by atoms with Crippen molar-refractivity contribution in [3.63, 3.8) is 0 Å². The number of pyridine rings is 1. The van der Waals surface area contributed by atoms with Gasteiger partial charge in [-0.25, -0.2) is 19.3 Å². The van der Waals surface area contributed by atoms with Gasteiger partial charge in [0.25, 0.3) is 5.91 Å². The van der Waals surface area contributed by atoms with Crippen molar-refractivity contribution in [3.8, 4) is 27.8 Å². The second-order valence-corrected chi connectivity index (χ2v) is 11.4. The van der Waals surface area contributed by atoms with Crippen molar-refractivity contribution in [2.45, 2.75) is 32.4 Å². The number of thiazole rings is 1. The van der Waals surface area contributed by atoms with Crippen LogP contribution in [-0.4, -0.2) is 49.9 Å². The second kappa shape index (κ2) is 9.21. The van der Waals surface area contributed by atoms with E-state index in [9.17, 15) is 9.18 Å². The van der Waals surface area contributed by atoms with Gasteiger partial charge in [-0.2, -0.15) is 0 Å². The zero-order valence-electron chi connectivity index (χ0n) is 21.3. The zero-order valence-corrected chi connectivity index (χ0v) is 22.1. The van der Waals surface area contributed by atoms with E-state index >= 15 is 0 Å². The maximum Gasteiger partial charge on any atom is 0.265 e. The number of aromatic nitrogens is 4. The molecule has 0 spiro atoms. The molecule has 2 fully saturated rings. The number of benzene rings is 1. The summed E-state index contributed by atoms with van der Waals surface area (Å²) < 4.78 is 19.9. The number of aryl methyl sites for hydroxylation is 1. The Bertz CT molecular complexity index is 1490. The van der Waals surface area contributed by atoms with Crippen LogP contribution in [0.25, 0.3) is 22.1 Å². The highest BCUT2D eigenvalue weighted by molar-refractivity contribution is 7.17. The smallest absolute Gasteiger partial charge is 0.265 e. The first-order valence-electron chi connectivity index (χ1n) is 12.5. The molecule has 1 amide bonds. The number of nitrogens with zero attached hydrogens (tertiary/aromatic N) is 5. The van der Waals surface area contributed by atoms with E-state index < -0.39 is 5.54 Å². The number of likely N-dealkylation sites (tertiary alicyclic amines) is 1. The number of nitrogens with two attached hydrogens (primary N) is 1. The average molecular weight is 531 g/mol. The van der Waals surface area contributed by atoms with Crippen molar-refractivity contribution in [1.29, 1.82) is 0 Å². The monoisotopic (exact) mass is 530 g/mol. The fourth-order valence-electron chi connectivity index (χ4n) is 4.89. The first-order valence-corrected chi connectivity index (χ1v) is 13.3. The summed E-state index contributed by atoms with van der Waals surface area (Å²) in [5.74, 6) is 1.42. The van der Waals surface area contributed by atoms with Gasteiger partial charge in [-0.05, 0) is 51.1 Å². The Morgan fingerprint density at radius 2 is 1.79 bits per heavy atom. The van der Waals surface area contributed by atoms with Gasteiger partial charge in [0.05, 0.1) is 22.6 Å². The minimum Gasteiger partial charge on any atom is -0.490 e. The normalized spacial score (nSPS) is 20.3. The molecular formula is C28H27FN6O2S. The van der Waals surface area contributed by atoms with E-state index in [1.165, 1.54) is 23.5 Å². The lowest BCUT2D eigenvalue weighted by Crippen LogP contribution is -2.33. The van der Waals surface area contributed by atoms with Crippen LogP contribution in [0.4, 0.5) is 4.39 Å². The molecule has 2 N–H and O–H groups in total. The molecule has 1 aromatic carbocycles. The van der Waals surface area contributed by atoms with Crippen LogP contribution in [0.3, 0.4) is 0 Å². The summed E-state index contributed by atoms with van der Waals surface area (Å²) in [4.78, 5) is 33.5. The molecule has 6 rings (SSSR count). The number of rotatable bonds is 6. The molecule has 38 heavy (non-hydrogen) atoms. The predicted molar refractivity (Wildman–Crippen MR) is 142 cm³/mol. The molecule has 10 heteroatoms. The molecule has 3 aromatic heterocycles. The van der Waals surface area contributed by atoms with E-state index in [0.717, 1.165) is 5.56 Å². The Hall–Kier alpha value is -3.76. The summed E-state index contributed by atoms with van der Waals surface area (Å²) in [6, 6.07) is 11.7. The number of fused-ring (bicyclic) bond motifs is 1. The Balaban J connectivity index is 1.16. The summed E-state index contributed by atoms with van der Waals surface area (Å²) in [5.41, 5.74) is 8.53. The van der Waals surface area contributed by atoms with Crippen molar-refractivity contribution >= 4 is 17.2 Å². The van der Waals surface area contributed by atoms with Gasteiger partial charge in [-0.3, -0.25) is 9.78 Å². The quantitative estimate of drug-likeness (QED) is 0.392. The third-order valence-electron chi connectivity index (χ3n) is 7.02. The van der Waals surface area contributed by atoms with Gasteiger partial charge >= 0.3 is 0 Å². The molecule has 3 atom stereocenters. The number of amides is 1. The number of carbonyl (C=O) groups excluding carboxylic acids is 1. The highest BCUT2D eigenvalue weighted by atomic mass is 32.1. The van der Waals surface area contributed by atoms with E-state index in [1.54, 1.807) is 30.6 Å². The summed E-state index contributed by atoms with van der Waals surface area (Å²) in [7, 11) is 0. The van der Waals surface area contributed by atoms with Crippen LogP contribution in [0.2, 0.25) is 0 Å². The molecule has 0 radical (unpaired) electrons. The molecule has 8 nitrogen and oxygen atoms in total. The maximum atomic E-state index is 13.5. The molecule has 1 aliphatic heterocycles. The fraction of sp³-hybridized carbons (Fsp3) is 0.321. The SMILES string of the molecule is Cc1nc(-c2ncccn2)sc1C(=O)N1C[C@@H]2C(Oc3cc(-c4ccc(F)cc4)nc(C(C)(C)N)c3)[C@@H]2C1. The van der Waals surface area contributed by atoms with Gasteiger partial charge in [0, 0.05) is 55.0 Å².